The van der Waals surface area contributed by atoms with Gasteiger partial charge in [0.15, 0.2) is 0 Å². The number of hydrogen-bond donors (Lipinski definition) is 2. The van der Waals surface area contributed by atoms with Crippen molar-refractivity contribution in [2.24, 2.45) is 0 Å². The maximum absolute atomic E-state index is 5.91. The number of nitrogens with two attached hydrogens (primary N) is 1. The number of nitrogens with one attached hydrogen (secondary N) is 1. The third kappa shape index (κ3) is 3.03. The highest BCUT2D eigenvalue weighted by Crippen LogP contribution is 2.32. The van der Waals surface area contributed by atoms with E-state index in [1.807, 2.05) is 30.0 Å². The van der Waals surface area contributed by atoms with Crippen molar-refractivity contribution in [1.82, 2.24) is 5.32 Å². The molecular weight excluding hydrogens is 228 g/mol. The van der Waals surface area contributed by atoms with Gasteiger partial charge in [0.05, 0.1) is 0 Å². The summed E-state index contributed by atoms with van der Waals surface area (Å²) in [6.45, 7) is 2.22. The standard InChI is InChI=1S/C11H15ClN2S/c12-8-3-4-11(10(13)6-8)15-9-2-1-5-14-7-9/h3-4,6,9,14H,1-2,5,7,13H2. The van der Waals surface area contributed by atoms with Crippen LogP contribution < -0.4 is 11.1 Å². The minimum Gasteiger partial charge on any atom is -0.398 e. The quantitative estimate of drug-likeness (QED) is 0.784. The molecule has 2 nitrogen and oxygen atoms in total. The van der Waals surface area contributed by atoms with Crippen LogP contribution in [0.2, 0.25) is 5.02 Å². The lowest BCUT2D eigenvalue weighted by atomic mass is 10.2. The van der Waals surface area contributed by atoms with Crippen LogP contribution in [0.5, 0.6) is 0 Å². The molecule has 1 aliphatic heterocycles. The van der Waals surface area contributed by atoms with Crippen molar-refractivity contribution in [2.45, 2.75) is 23.0 Å². The number of halogens is 1. The van der Waals surface area contributed by atoms with Gasteiger partial charge in [-0.15, -0.1) is 11.8 Å². The van der Waals surface area contributed by atoms with Gasteiger partial charge in [0.2, 0.25) is 0 Å². The van der Waals surface area contributed by atoms with E-state index in [0.29, 0.717) is 10.3 Å². The molecule has 1 aliphatic rings. The summed E-state index contributed by atoms with van der Waals surface area (Å²) >= 11 is 7.71. The number of thioether (sulfide) groups is 1. The average molecular weight is 243 g/mol. The molecule has 0 aliphatic carbocycles. The van der Waals surface area contributed by atoms with Gasteiger partial charge in [0.1, 0.15) is 0 Å². The zero-order valence-electron chi connectivity index (χ0n) is 8.50. The van der Waals surface area contributed by atoms with E-state index in [2.05, 4.69) is 5.32 Å². The van der Waals surface area contributed by atoms with Crippen molar-refractivity contribution in [3.8, 4) is 0 Å². The number of piperidine rings is 1. The molecule has 0 radical (unpaired) electrons. The summed E-state index contributed by atoms with van der Waals surface area (Å²) in [5.41, 5.74) is 6.70. The predicted molar refractivity (Wildman–Crippen MR) is 67.6 cm³/mol. The first-order chi connectivity index (χ1) is 7.25. The Balaban J connectivity index is 2.03. The molecule has 0 bridgehead atoms. The molecule has 0 saturated carbocycles. The molecule has 1 aromatic rings. The van der Waals surface area contributed by atoms with Crippen molar-refractivity contribution < 1.29 is 0 Å². The Morgan fingerprint density at radius 1 is 1.47 bits per heavy atom. The summed E-state index contributed by atoms with van der Waals surface area (Å²) in [4.78, 5) is 1.15. The van der Waals surface area contributed by atoms with Crippen LogP contribution in [0.4, 0.5) is 5.69 Å². The fraction of sp³-hybridized carbons (Fsp3) is 0.455. The first kappa shape index (κ1) is 11.1. The van der Waals surface area contributed by atoms with Gasteiger partial charge in [-0.1, -0.05) is 11.6 Å². The van der Waals surface area contributed by atoms with Gasteiger partial charge in [-0.2, -0.15) is 0 Å². The van der Waals surface area contributed by atoms with Crippen LogP contribution in [0, 0.1) is 0 Å². The van der Waals surface area contributed by atoms with E-state index < -0.39 is 0 Å². The van der Waals surface area contributed by atoms with Crippen LogP contribution in [-0.4, -0.2) is 18.3 Å². The molecule has 0 aromatic heterocycles. The Hall–Kier alpha value is -0.380. The number of anilines is 1. The number of nitrogen functional groups attached to an aromatic ring is 1. The highest BCUT2D eigenvalue weighted by molar-refractivity contribution is 8.00. The van der Waals surface area contributed by atoms with Crippen LogP contribution in [-0.2, 0) is 0 Å². The zero-order valence-corrected chi connectivity index (χ0v) is 10.1. The maximum Gasteiger partial charge on any atom is 0.0467 e. The van der Waals surface area contributed by atoms with E-state index in [0.717, 1.165) is 23.7 Å². The largest absolute Gasteiger partial charge is 0.398 e. The first-order valence-electron chi connectivity index (χ1n) is 5.18. The third-order valence-corrected chi connectivity index (χ3v) is 4.11. The molecule has 0 amide bonds. The Labute approximate surface area is 99.6 Å². The number of benzene rings is 1. The molecule has 1 heterocycles. The molecule has 3 N–H and O–H groups in total. The van der Waals surface area contributed by atoms with Gasteiger partial charge < -0.3 is 11.1 Å². The summed E-state index contributed by atoms with van der Waals surface area (Å²) in [5, 5.41) is 4.75. The fourth-order valence-corrected chi connectivity index (χ4v) is 3.09. The van der Waals surface area contributed by atoms with Gasteiger partial charge >= 0.3 is 0 Å². The molecule has 82 valence electrons. The number of hydrogen-bond acceptors (Lipinski definition) is 3. The van der Waals surface area contributed by atoms with Gasteiger partial charge in [-0.25, -0.2) is 0 Å². The Morgan fingerprint density at radius 3 is 3.00 bits per heavy atom. The second-order valence-electron chi connectivity index (χ2n) is 3.77. The second kappa shape index (κ2) is 5.10. The monoisotopic (exact) mass is 242 g/mol. The van der Waals surface area contributed by atoms with E-state index >= 15 is 0 Å². The van der Waals surface area contributed by atoms with Crippen molar-refractivity contribution in [1.29, 1.82) is 0 Å². The molecule has 1 saturated heterocycles. The normalized spacial score (nSPS) is 21.5. The summed E-state index contributed by atoms with van der Waals surface area (Å²) < 4.78 is 0. The topological polar surface area (TPSA) is 38.0 Å². The smallest absolute Gasteiger partial charge is 0.0467 e. The van der Waals surface area contributed by atoms with Gasteiger partial charge in [0, 0.05) is 27.4 Å². The van der Waals surface area contributed by atoms with Crippen LogP contribution in [0.1, 0.15) is 12.8 Å². The molecular formula is C11H15ClN2S. The SMILES string of the molecule is Nc1cc(Cl)ccc1SC1CCCNC1. The lowest BCUT2D eigenvalue weighted by Gasteiger charge is -2.22. The van der Waals surface area contributed by atoms with Gasteiger partial charge in [-0.05, 0) is 37.6 Å². The molecule has 1 aromatic carbocycles. The molecule has 1 unspecified atom stereocenters. The molecule has 0 spiro atoms. The Morgan fingerprint density at radius 2 is 2.33 bits per heavy atom. The molecule has 15 heavy (non-hydrogen) atoms. The van der Waals surface area contributed by atoms with Crippen LogP contribution in [0.15, 0.2) is 23.1 Å². The average Bonchev–Trinajstić information content (AvgIpc) is 2.24. The summed E-state index contributed by atoms with van der Waals surface area (Å²) in [5.74, 6) is 0. The predicted octanol–water partition coefficient (Wildman–Crippen LogP) is 2.77. The van der Waals surface area contributed by atoms with E-state index in [-0.39, 0.29) is 0 Å². The van der Waals surface area contributed by atoms with E-state index in [1.54, 1.807) is 0 Å². The minimum atomic E-state index is 0.641. The van der Waals surface area contributed by atoms with E-state index in [1.165, 1.54) is 12.8 Å². The Bertz CT molecular complexity index is 337. The molecule has 1 fully saturated rings. The minimum absolute atomic E-state index is 0.641. The summed E-state index contributed by atoms with van der Waals surface area (Å²) in [7, 11) is 0. The van der Waals surface area contributed by atoms with Crippen LogP contribution in [0.25, 0.3) is 0 Å². The van der Waals surface area contributed by atoms with Gasteiger partial charge in [0.25, 0.3) is 0 Å². The van der Waals surface area contributed by atoms with Crippen molar-refractivity contribution in [2.75, 3.05) is 18.8 Å². The van der Waals surface area contributed by atoms with E-state index in [9.17, 15) is 0 Å². The lowest BCUT2D eigenvalue weighted by Crippen LogP contribution is -2.31. The highest BCUT2D eigenvalue weighted by Gasteiger charge is 2.15. The number of rotatable bonds is 2. The molecule has 1 atom stereocenters. The summed E-state index contributed by atoms with van der Waals surface area (Å²) in [6.07, 6.45) is 2.52. The molecule has 2 rings (SSSR count). The first-order valence-corrected chi connectivity index (χ1v) is 6.44. The highest BCUT2D eigenvalue weighted by atomic mass is 35.5. The lowest BCUT2D eigenvalue weighted by molar-refractivity contribution is 0.531. The fourth-order valence-electron chi connectivity index (χ4n) is 1.73. The summed E-state index contributed by atoms with van der Waals surface area (Å²) in [6, 6.07) is 5.73. The second-order valence-corrected chi connectivity index (χ2v) is 5.55. The zero-order chi connectivity index (χ0) is 10.7. The Kier molecular flexibility index (Phi) is 3.78. The van der Waals surface area contributed by atoms with Crippen LogP contribution >= 0.6 is 23.4 Å². The maximum atomic E-state index is 5.91. The van der Waals surface area contributed by atoms with E-state index in [4.69, 9.17) is 17.3 Å². The van der Waals surface area contributed by atoms with Crippen molar-refractivity contribution >= 4 is 29.1 Å². The third-order valence-electron chi connectivity index (χ3n) is 2.52. The molecule has 4 heteroatoms. The van der Waals surface area contributed by atoms with Crippen molar-refractivity contribution in [3.63, 3.8) is 0 Å². The van der Waals surface area contributed by atoms with Crippen molar-refractivity contribution in [3.05, 3.63) is 23.2 Å². The van der Waals surface area contributed by atoms with Crippen LogP contribution in [0.3, 0.4) is 0 Å². The van der Waals surface area contributed by atoms with Gasteiger partial charge in [-0.3, -0.25) is 0 Å².